The fourth-order valence-corrected chi connectivity index (χ4v) is 7.74. The van der Waals surface area contributed by atoms with E-state index in [9.17, 15) is 14.4 Å². The minimum atomic E-state index is -1.02. The Bertz CT molecular complexity index is 1700. The number of hydrogen-bond acceptors (Lipinski definition) is 9. The number of nitriles is 1. The maximum Gasteiger partial charge on any atom is 0.318 e. The van der Waals surface area contributed by atoms with Crippen LogP contribution in [0.25, 0.3) is 10.8 Å². The molecule has 10 nitrogen and oxygen atoms in total. The Labute approximate surface area is 280 Å². The molecule has 2 aliphatic heterocycles. The van der Waals surface area contributed by atoms with Gasteiger partial charge in [0.15, 0.2) is 5.83 Å². The average Bonchev–Trinajstić information content (AvgIpc) is 3.04. The van der Waals surface area contributed by atoms with E-state index < -0.39 is 17.8 Å². The molecule has 3 aromatic rings. The van der Waals surface area contributed by atoms with Crippen molar-refractivity contribution in [2.75, 3.05) is 70.3 Å². The summed E-state index contributed by atoms with van der Waals surface area (Å²) in [5, 5.41) is 12.3. The normalized spacial score (nSPS) is 22.5. The van der Waals surface area contributed by atoms with Crippen LogP contribution >= 0.6 is 11.6 Å². The molecule has 2 fully saturated rings. The van der Waals surface area contributed by atoms with E-state index in [2.05, 4.69) is 59.6 Å². The molecule has 12 heteroatoms. The lowest BCUT2D eigenvalue weighted by molar-refractivity contribution is -0.131. The van der Waals surface area contributed by atoms with Crippen LogP contribution in [0.4, 0.5) is 15.9 Å². The largest absolute Gasteiger partial charge is 0.463 e. The molecule has 248 valence electrons. The summed E-state index contributed by atoms with van der Waals surface area (Å²) in [6.07, 6.45) is 2.72. The van der Waals surface area contributed by atoms with E-state index in [1.807, 2.05) is 18.2 Å². The first-order valence-electron chi connectivity index (χ1n) is 16.0. The summed E-state index contributed by atoms with van der Waals surface area (Å²) in [5.74, 6) is -1.06. The van der Waals surface area contributed by atoms with Gasteiger partial charge in [-0.3, -0.25) is 4.79 Å². The van der Waals surface area contributed by atoms with Crippen molar-refractivity contribution in [1.29, 1.82) is 5.26 Å². The Morgan fingerprint density at radius 1 is 1.17 bits per heavy atom. The standard InChI is InChI=1S/C35H41ClFN7O3/c1-23(37)33(45)44-16-15-43(19-25(44)11-13-38)32-27-12-14-42(30-10-6-8-24-7-5-9-28(36)31(24)30)20-29(27)39-34(40-32)47-22-35(21-41(2)3)17-26(18-35)46-4/h5-10,25-26H,1,11-12,14-22H2,2-4H3. The van der Waals surface area contributed by atoms with Gasteiger partial charge in [-0.1, -0.05) is 42.4 Å². The maximum absolute atomic E-state index is 13.9. The number of aromatic nitrogens is 2. The molecule has 0 radical (unpaired) electrons. The maximum atomic E-state index is 13.9. The van der Waals surface area contributed by atoms with Crippen molar-refractivity contribution in [3.8, 4) is 12.1 Å². The van der Waals surface area contributed by atoms with Gasteiger partial charge in [0, 0.05) is 61.9 Å². The Hall–Kier alpha value is -3.98. The molecule has 3 heterocycles. The number of rotatable bonds is 10. The Morgan fingerprint density at radius 3 is 2.64 bits per heavy atom. The third kappa shape index (κ3) is 6.73. The van der Waals surface area contributed by atoms with Crippen molar-refractivity contribution < 1.29 is 18.7 Å². The minimum absolute atomic E-state index is 0.0650. The molecule has 1 saturated carbocycles. The zero-order valence-electron chi connectivity index (χ0n) is 27.2. The van der Waals surface area contributed by atoms with Crippen molar-refractivity contribution in [2.45, 2.75) is 44.4 Å². The summed E-state index contributed by atoms with van der Waals surface area (Å²) in [5.41, 5.74) is 2.84. The van der Waals surface area contributed by atoms with Crippen molar-refractivity contribution in [3.05, 3.63) is 65.1 Å². The van der Waals surface area contributed by atoms with Crippen LogP contribution in [0.3, 0.4) is 0 Å². The number of anilines is 2. The molecule has 1 unspecified atom stereocenters. The number of fused-ring (bicyclic) bond motifs is 2. The second-order valence-corrected chi connectivity index (χ2v) is 13.6. The first kappa shape index (κ1) is 32.9. The molecule has 3 aliphatic rings. The lowest BCUT2D eigenvalue weighted by Crippen LogP contribution is -2.56. The van der Waals surface area contributed by atoms with Crippen LogP contribution in [0.5, 0.6) is 6.01 Å². The molecule has 47 heavy (non-hydrogen) atoms. The van der Waals surface area contributed by atoms with E-state index in [1.54, 1.807) is 7.11 Å². The zero-order chi connectivity index (χ0) is 33.3. The van der Waals surface area contributed by atoms with Crippen molar-refractivity contribution >= 4 is 39.8 Å². The molecule has 1 saturated heterocycles. The molecular formula is C35H41ClFN7O3. The Morgan fingerprint density at radius 2 is 1.94 bits per heavy atom. The highest BCUT2D eigenvalue weighted by Gasteiger charge is 2.46. The lowest BCUT2D eigenvalue weighted by Gasteiger charge is -2.47. The number of hydrogen-bond donors (Lipinski definition) is 0. The quantitative estimate of drug-likeness (QED) is 0.278. The highest BCUT2D eigenvalue weighted by Crippen LogP contribution is 2.44. The number of carbonyl (C=O) groups excluding carboxylic acids is 1. The topological polar surface area (TPSA) is 98.1 Å². The number of ether oxygens (including phenoxy) is 2. The number of methoxy groups -OCH3 is 1. The summed E-state index contributed by atoms with van der Waals surface area (Å²) in [4.78, 5) is 30.5. The van der Waals surface area contributed by atoms with Crippen molar-refractivity contribution in [3.63, 3.8) is 0 Å². The van der Waals surface area contributed by atoms with Crippen LogP contribution in [0.15, 0.2) is 48.8 Å². The van der Waals surface area contributed by atoms with Gasteiger partial charge in [0.1, 0.15) is 5.82 Å². The van der Waals surface area contributed by atoms with Gasteiger partial charge >= 0.3 is 6.01 Å². The molecule has 1 amide bonds. The summed E-state index contributed by atoms with van der Waals surface area (Å²) in [7, 11) is 5.86. The lowest BCUT2D eigenvalue weighted by atomic mass is 9.67. The van der Waals surface area contributed by atoms with E-state index >= 15 is 0 Å². The monoisotopic (exact) mass is 661 g/mol. The number of amides is 1. The van der Waals surface area contributed by atoms with Gasteiger partial charge in [-0.2, -0.15) is 15.2 Å². The average molecular weight is 662 g/mol. The summed E-state index contributed by atoms with van der Waals surface area (Å²) in [6, 6.07) is 14.1. The van der Waals surface area contributed by atoms with E-state index in [-0.39, 0.29) is 24.5 Å². The summed E-state index contributed by atoms with van der Waals surface area (Å²) < 4.78 is 25.9. The SMILES string of the molecule is C=C(F)C(=O)N1CCN(c2nc(OCC3(CN(C)C)CC(OC)C3)nc3c2CCN(c2cccc4cccc(Cl)c24)C3)CC1CC#N. The fourth-order valence-electron chi connectivity index (χ4n) is 7.46. The number of piperazine rings is 1. The molecule has 0 N–H and O–H groups in total. The van der Waals surface area contributed by atoms with Gasteiger partial charge in [-0.15, -0.1) is 0 Å². The molecule has 6 rings (SSSR count). The zero-order valence-corrected chi connectivity index (χ0v) is 28.0. The number of benzene rings is 2. The van der Waals surface area contributed by atoms with Crippen LogP contribution in [-0.2, 0) is 22.5 Å². The van der Waals surface area contributed by atoms with Crippen LogP contribution in [0.1, 0.15) is 30.5 Å². The number of nitrogens with zero attached hydrogens (tertiary/aromatic N) is 7. The summed E-state index contributed by atoms with van der Waals surface area (Å²) >= 11 is 6.72. The molecule has 1 aliphatic carbocycles. The van der Waals surface area contributed by atoms with E-state index in [4.69, 9.17) is 31.0 Å². The van der Waals surface area contributed by atoms with Crippen LogP contribution in [0, 0.1) is 16.7 Å². The Kier molecular flexibility index (Phi) is 9.55. The second kappa shape index (κ2) is 13.6. The highest BCUT2D eigenvalue weighted by molar-refractivity contribution is 6.36. The van der Waals surface area contributed by atoms with Crippen LogP contribution in [-0.4, -0.2) is 98.4 Å². The van der Waals surface area contributed by atoms with Gasteiger partial charge in [-0.25, -0.2) is 4.39 Å². The van der Waals surface area contributed by atoms with Crippen LogP contribution < -0.4 is 14.5 Å². The second-order valence-electron chi connectivity index (χ2n) is 13.2. The third-order valence-corrected chi connectivity index (χ3v) is 9.93. The van der Waals surface area contributed by atoms with Crippen molar-refractivity contribution in [2.24, 2.45) is 5.41 Å². The first-order chi connectivity index (χ1) is 22.6. The molecule has 0 spiro atoms. The predicted octanol–water partition coefficient (Wildman–Crippen LogP) is 5.00. The fraction of sp³-hybridized carbons (Fsp3) is 0.486. The first-order valence-corrected chi connectivity index (χ1v) is 16.4. The van der Waals surface area contributed by atoms with E-state index in [0.717, 1.165) is 59.5 Å². The third-order valence-electron chi connectivity index (χ3n) is 9.61. The van der Waals surface area contributed by atoms with Gasteiger partial charge in [0.25, 0.3) is 5.91 Å². The molecule has 2 aromatic carbocycles. The number of carbonyl (C=O) groups is 1. The molecule has 1 atom stereocenters. The van der Waals surface area contributed by atoms with Crippen molar-refractivity contribution in [1.82, 2.24) is 19.8 Å². The molecule has 0 bridgehead atoms. The van der Waals surface area contributed by atoms with E-state index in [1.165, 1.54) is 4.90 Å². The number of halogens is 2. The van der Waals surface area contributed by atoms with Crippen LogP contribution in [0.2, 0.25) is 5.02 Å². The summed E-state index contributed by atoms with van der Waals surface area (Å²) in [6.45, 7) is 6.74. The minimum Gasteiger partial charge on any atom is -0.463 e. The van der Waals surface area contributed by atoms with E-state index in [0.29, 0.717) is 43.7 Å². The van der Waals surface area contributed by atoms with Gasteiger partial charge in [0.2, 0.25) is 0 Å². The van der Waals surface area contributed by atoms with Gasteiger partial charge in [0.05, 0.1) is 48.5 Å². The molecule has 1 aromatic heterocycles. The predicted molar refractivity (Wildman–Crippen MR) is 180 cm³/mol. The smallest absolute Gasteiger partial charge is 0.318 e. The highest BCUT2D eigenvalue weighted by atomic mass is 35.5. The Balaban J connectivity index is 1.34. The molecular weight excluding hydrogens is 621 g/mol. The van der Waals surface area contributed by atoms with Gasteiger partial charge < -0.3 is 29.1 Å². The van der Waals surface area contributed by atoms with Gasteiger partial charge in [-0.05, 0) is 50.9 Å².